The number of hydrogen-bond donors (Lipinski definition) is 1. The van der Waals surface area contributed by atoms with Crippen LogP contribution in [0.5, 0.6) is 5.75 Å². The molecule has 0 radical (unpaired) electrons. The van der Waals surface area contributed by atoms with E-state index in [0.717, 1.165) is 23.6 Å². The number of nitrogens with one attached hydrogen (secondary N) is 1. The Kier molecular flexibility index (Phi) is 6.69. The van der Waals surface area contributed by atoms with E-state index in [0.29, 0.717) is 11.7 Å². The molecule has 1 unspecified atom stereocenters. The van der Waals surface area contributed by atoms with E-state index in [-0.39, 0.29) is 30.0 Å². The zero-order valence-corrected chi connectivity index (χ0v) is 16.8. The van der Waals surface area contributed by atoms with Crippen molar-refractivity contribution in [1.82, 2.24) is 20.4 Å². The number of aryl methyl sites for hydroxylation is 1. The first-order chi connectivity index (χ1) is 11.2. The molecule has 0 bridgehead atoms. The van der Waals surface area contributed by atoms with Crippen LogP contribution in [-0.4, -0.2) is 22.2 Å². The normalized spacial score (nSPS) is 11.8. The van der Waals surface area contributed by atoms with Crippen LogP contribution < -0.4 is 10.1 Å². The van der Waals surface area contributed by atoms with Crippen LogP contribution in [-0.2, 0) is 6.54 Å². The Labute approximate surface area is 161 Å². The average Bonchev–Trinajstić information content (AvgIpc) is 3.22. The topological polar surface area (TPSA) is 73.1 Å². The van der Waals surface area contributed by atoms with Crippen molar-refractivity contribution in [1.29, 1.82) is 0 Å². The van der Waals surface area contributed by atoms with Crippen molar-refractivity contribution in [3.8, 4) is 17.1 Å². The number of benzene rings is 1. The summed E-state index contributed by atoms with van der Waals surface area (Å²) in [6.45, 7) is 4.74. The van der Waals surface area contributed by atoms with Gasteiger partial charge < -0.3 is 14.6 Å². The number of methoxy groups -OCH3 is 1. The second-order valence-corrected chi connectivity index (χ2v) is 6.09. The van der Waals surface area contributed by atoms with E-state index in [1.54, 1.807) is 18.4 Å². The fourth-order valence-electron chi connectivity index (χ4n) is 2.12. The summed E-state index contributed by atoms with van der Waals surface area (Å²) < 4.78 is 10.6. The van der Waals surface area contributed by atoms with E-state index in [4.69, 9.17) is 9.26 Å². The van der Waals surface area contributed by atoms with Crippen LogP contribution >= 0.6 is 35.3 Å². The van der Waals surface area contributed by atoms with Crippen LogP contribution in [0.3, 0.4) is 0 Å². The van der Waals surface area contributed by atoms with Gasteiger partial charge in [0, 0.05) is 17.0 Å². The lowest BCUT2D eigenvalue weighted by atomic mass is 10.2. The lowest BCUT2D eigenvalue weighted by Crippen LogP contribution is -2.18. The van der Waals surface area contributed by atoms with Gasteiger partial charge in [-0.1, -0.05) is 17.3 Å². The Balaban J connectivity index is 0.00000208. The summed E-state index contributed by atoms with van der Waals surface area (Å²) in [6, 6.07) is 7.55. The molecule has 8 heteroatoms. The van der Waals surface area contributed by atoms with Crippen LogP contribution in [0.15, 0.2) is 34.3 Å². The Morgan fingerprint density at radius 2 is 2.21 bits per heavy atom. The van der Waals surface area contributed by atoms with Gasteiger partial charge in [-0.3, -0.25) is 0 Å². The molecular weight excluding hydrogens is 439 g/mol. The van der Waals surface area contributed by atoms with Crippen LogP contribution in [0.4, 0.5) is 0 Å². The van der Waals surface area contributed by atoms with Gasteiger partial charge in [0.25, 0.3) is 0 Å². The van der Waals surface area contributed by atoms with Gasteiger partial charge in [0.15, 0.2) is 0 Å². The Morgan fingerprint density at radius 3 is 2.92 bits per heavy atom. The van der Waals surface area contributed by atoms with Crippen molar-refractivity contribution >= 4 is 35.3 Å². The highest BCUT2D eigenvalue weighted by atomic mass is 127. The number of ether oxygens (including phenoxy) is 1. The minimum absolute atomic E-state index is 0. The summed E-state index contributed by atoms with van der Waals surface area (Å²) in [5, 5.41) is 7.43. The standard InChI is InChI=1S/C16H18N4O2S.HI/c1-10-14(23-9-18-10)8-17-11(2)16-19-15(20-22-16)12-5-4-6-13(7-12)21-3;/h4-7,9,11,17H,8H2,1-3H3;1H. The van der Waals surface area contributed by atoms with Gasteiger partial charge in [-0.05, 0) is 26.0 Å². The highest BCUT2D eigenvalue weighted by molar-refractivity contribution is 14.0. The molecule has 1 N–H and O–H groups in total. The molecule has 3 rings (SSSR count). The Morgan fingerprint density at radius 1 is 1.38 bits per heavy atom. The molecule has 0 aliphatic carbocycles. The summed E-state index contributed by atoms with van der Waals surface area (Å²) in [4.78, 5) is 9.93. The molecule has 3 aromatic rings. The van der Waals surface area contributed by atoms with Crippen LogP contribution in [0.25, 0.3) is 11.4 Å². The molecule has 128 valence electrons. The first-order valence-electron chi connectivity index (χ1n) is 7.27. The number of halogens is 1. The van der Waals surface area contributed by atoms with Gasteiger partial charge in [0.1, 0.15) is 5.75 Å². The van der Waals surface area contributed by atoms with E-state index < -0.39 is 0 Å². The van der Waals surface area contributed by atoms with Gasteiger partial charge in [0.2, 0.25) is 11.7 Å². The first kappa shape index (κ1) is 18.8. The van der Waals surface area contributed by atoms with Gasteiger partial charge in [-0.15, -0.1) is 35.3 Å². The predicted octanol–water partition coefficient (Wildman–Crippen LogP) is 3.98. The van der Waals surface area contributed by atoms with Crippen molar-refractivity contribution in [2.24, 2.45) is 0 Å². The smallest absolute Gasteiger partial charge is 0.243 e. The summed E-state index contributed by atoms with van der Waals surface area (Å²) >= 11 is 1.64. The van der Waals surface area contributed by atoms with E-state index in [1.807, 2.05) is 43.6 Å². The molecule has 0 saturated carbocycles. The quantitative estimate of drug-likeness (QED) is 0.564. The fraction of sp³-hybridized carbons (Fsp3) is 0.312. The van der Waals surface area contributed by atoms with Crippen molar-refractivity contribution in [3.63, 3.8) is 0 Å². The summed E-state index contributed by atoms with van der Waals surface area (Å²) in [5.41, 5.74) is 3.77. The maximum absolute atomic E-state index is 5.38. The molecule has 0 fully saturated rings. The summed E-state index contributed by atoms with van der Waals surface area (Å²) in [6.07, 6.45) is 0. The Hall–Kier alpha value is -1.52. The van der Waals surface area contributed by atoms with Crippen molar-refractivity contribution in [2.45, 2.75) is 26.4 Å². The molecule has 0 aliphatic heterocycles. The summed E-state index contributed by atoms with van der Waals surface area (Å²) in [5.74, 6) is 1.88. The molecule has 6 nitrogen and oxygen atoms in total. The largest absolute Gasteiger partial charge is 0.497 e. The van der Waals surface area contributed by atoms with Gasteiger partial charge in [0.05, 0.1) is 24.4 Å². The van der Waals surface area contributed by atoms with Crippen LogP contribution in [0.2, 0.25) is 0 Å². The van der Waals surface area contributed by atoms with Crippen LogP contribution in [0.1, 0.15) is 29.4 Å². The van der Waals surface area contributed by atoms with Crippen molar-refractivity contribution < 1.29 is 9.26 Å². The third-order valence-corrected chi connectivity index (χ3v) is 4.49. The summed E-state index contributed by atoms with van der Waals surface area (Å²) in [7, 11) is 1.63. The van der Waals surface area contributed by atoms with E-state index in [1.165, 1.54) is 4.88 Å². The molecule has 0 amide bonds. The number of aromatic nitrogens is 3. The highest BCUT2D eigenvalue weighted by Gasteiger charge is 2.16. The minimum atomic E-state index is -0.0386. The van der Waals surface area contributed by atoms with Gasteiger partial charge in [-0.25, -0.2) is 4.98 Å². The predicted molar refractivity (Wildman–Crippen MR) is 104 cm³/mol. The molecule has 0 saturated heterocycles. The SMILES string of the molecule is COc1cccc(-c2noc(C(C)NCc3scnc3C)n2)c1.I. The molecular formula is C16H19IN4O2S. The molecule has 24 heavy (non-hydrogen) atoms. The van der Waals surface area contributed by atoms with E-state index >= 15 is 0 Å². The zero-order chi connectivity index (χ0) is 16.2. The molecule has 0 spiro atoms. The number of nitrogens with zero attached hydrogens (tertiary/aromatic N) is 3. The Bertz CT molecular complexity index is 790. The van der Waals surface area contributed by atoms with Gasteiger partial charge in [-0.2, -0.15) is 4.98 Å². The van der Waals surface area contributed by atoms with Crippen LogP contribution in [0, 0.1) is 6.92 Å². The molecule has 1 aromatic carbocycles. The first-order valence-corrected chi connectivity index (χ1v) is 8.15. The second-order valence-electron chi connectivity index (χ2n) is 5.15. The fourth-order valence-corrected chi connectivity index (χ4v) is 2.85. The second kappa shape index (κ2) is 8.54. The van der Waals surface area contributed by atoms with Crippen molar-refractivity contribution in [2.75, 3.05) is 7.11 Å². The third kappa shape index (κ3) is 4.31. The lowest BCUT2D eigenvalue weighted by Gasteiger charge is -2.08. The number of rotatable bonds is 6. The molecule has 2 heterocycles. The number of thiazole rings is 1. The van der Waals surface area contributed by atoms with Crippen molar-refractivity contribution in [3.05, 3.63) is 46.2 Å². The third-order valence-electron chi connectivity index (χ3n) is 3.55. The molecule has 1 atom stereocenters. The van der Waals surface area contributed by atoms with E-state index in [9.17, 15) is 0 Å². The zero-order valence-electron chi connectivity index (χ0n) is 13.6. The van der Waals surface area contributed by atoms with E-state index in [2.05, 4.69) is 20.4 Å². The van der Waals surface area contributed by atoms with Gasteiger partial charge >= 0.3 is 0 Å². The highest BCUT2D eigenvalue weighted by Crippen LogP contribution is 2.23. The number of hydrogen-bond acceptors (Lipinski definition) is 7. The minimum Gasteiger partial charge on any atom is -0.497 e. The maximum atomic E-state index is 5.38. The molecule has 0 aliphatic rings. The average molecular weight is 458 g/mol. The lowest BCUT2D eigenvalue weighted by molar-refractivity contribution is 0.339. The maximum Gasteiger partial charge on any atom is 0.243 e. The monoisotopic (exact) mass is 458 g/mol. The molecule has 2 aromatic heterocycles.